The van der Waals surface area contributed by atoms with Crippen molar-refractivity contribution in [2.24, 2.45) is 0 Å². The Morgan fingerprint density at radius 2 is 2.16 bits per heavy atom. The zero-order valence-corrected chi connectivity index (χ0v) is 11.7. The fourth-order valence-electron chi connectivity index (χ4n) is 1.47. The first-order chi connectivity index (χ1) is 9.01. The standard InChI is InChI=1S/C13H14N2O3S/c1-7-8(2)18-13(15-7)19-11-5-4-9(6-10(11)14)12(16)17-3/h4-6H,14H2,1-3H3. The van der Waals surface area contributed by atoms with Crippen LogP contribution in [0.1, 0.15) is 21.8 Å². The Balaban J connectivity index is 2.24. The maximum absolute atomic E-state index is 11.4. The Labute approximate surface area is 115 Å². The van der Waals surface area contributed by atoms with Crippen molar-refractivity contribution in [3.05, 3.63) is 35.2 Å². The monoisotopic (exact) mass is 278 g/mol. The van der Waals surface area contributed by atoms with Gasteiger partial charge in [-0.05, 0) is 43.8 Å². The second-order valence-corrected chi connectivity index (χ2v) is 4.96. The molecule has 2 N–H and O–H groups in total. The maximum atomic E-state index is 11.4. The molecule has 6 heteroatoms. The molecule has 0 saturated carbocycles. The predicted molar refractivity (Wildman–Crippen MR) is 72.3 cm³/mol. The van der Waals surface area contributed by atoms with E-state index in [0.717, 1.165) is 16.3 Å². The minimum absolute atomic E-state index is 0.411. The summed E-state index contributed by atoms with van der Waals surface area (Å²) in [5, 5.41) is 0.535. The van der Waals surface area contributed by atoms with E-state index in [2.05, 4.69) is 9.72 Å². The minimum atomic E-state index is -0.411. The summed E-state index contributed by atoms with van der Waals surface area (Å²) in [6.07, 6.45) is 0. The molecule has 0 aliphatic carbocycles. The van der Waals surface area contributed by atoms with Gasteiger partial charge in [0.25, 0.3) is 5.22 Å². The minimum Gasteiger partial charge on any atom is -0.465 e. The Hall–Kier alpha value is -1.95. The van der Waals surface area contributed by atoms with E-state index in [-0.39, 0.29) is 0 Å². The summed E-state index contributed by atoms with van der Waals surface area (Å²) >= 11 is 1.32. The Morgan fingerprint density at radius 1 is 1.42 bits per heavy atom. The SMILES string of the molecule is COC(=O)c1ccc(Sc2nc(C)c(C)o2)c(N)c1. The van der Waals surface area contributed by atoms with Crippen LogP contribution in [0.25, 0.3) is 0 Å². The molecule has 0 amide bonds. The van der Waals surface area contributed by atoms with Crippen LogP contribution in [0, 0.1) is 13.8 Å². The van der Waals surface area contributed by atoms with Crippen LogP contribution in [0.3, 0.4) is 0 Å². The predicted octanol–water partition coefficient (Wildman–Crippen LogP) is 2.81. The Morgan fingerprint density at radius 3 is 2.68 bits per heavy atom. The normalized spacial score (nSPS) is 10.5. The average molecular weight is 278 g/mol. The van der Waals surface area contributed by atoms with Gasteiger partial charge < -0.3 is 14.9 Å². The number of aromatic nitrogens is 1. The maximum Gasteiger partial charge on any atom is 0.337 e. The van der Waals surface area contributed by atoms with E-state index in [0.29, 0.717) is 16.5 Å². The second kappa shape index (κ2) is 5.36. The van der Waals surface area contributed by atoms with Crippen LogP contribution in [-0.2, 0) is 4.74 Å². The highest BCUT2D eigenvalue weighted by molar-refractivity contribution is 7.99. The molecule has 1 aromatic carbocycles. The molecule has 1 heterocycles. The van der Waals surface area contributed by atoms with Crippen LogP contribution < -0.4 is 5.73 Å². The third-order valence-electron chi connectivity index (χ3n) is 2.64. The van der Waals surface area contributed by atoms with Gasteiger partial charge in [0.2, 0.25) is 0 Å². The van der Waals surface area contributed by atoms with Gasteiger partial charge >= 0.3 is 5.97 Å². The van der Waals surface area contributed by atoms with Crippen LogP contribution in [-0.4, -0.2) is 18.1 Å². The molecule has 1 aromatic heterocycles. The molecule has 0 aliphatic rings. The van der Waals surface area contributed by atoms with Crippen molar-refractivity contribution >= 4 is 23.4 Å². The number of carbonyl (C=O) groups excluding carboxylic acids is 1. The van der Waals surface area contributed by atoms with Gasteiger partial charge in [0.05, 0.1) is 18.4 Å². The van der Waals surface area contributed by atoms with Crippen LogP contribution in [0.4, 0.5) is 5.69 Å². The lowest BCUT2D eigenvalue weighted by Crippen LogP contribution is -2.02. The first-order valence-electron chi connectivity index (χ1n) is 5.61. The van der Waals surface area contributed by atoms with Crippen molar-refractivity contribution in [3.8, 4) is 0 Å². The van der Waals surface area contributed by atoms with Crippen molar-refractivity contribution in [2.75, 3.05) is 12.8 Å². The highest BCUT2D eigenvalue weighted by Crippen LogP contribution is 2.32. The number of carbonyl (C=O) groups is 1. The highest BCUT2D eigenvalue weighted by Gasteiger charge is 2.12. The third-order valence-corrected chi connectivity index (χ3v) is 3.58. The number of aryl methyl sites for hydroxylation is 2. The van der Waals surface area contributed by atoms with Gasteiger partial charge in [-0.3, -0.25) is 0 Å². The molecule has 0 saturated heterocycles. The number of esters is 1. The third kappa shape index (κ3) is 2.90. The van der Waals surface area contributed by atoms with Crippen LogP contribution in [0.15, 0.2) is 32.7 Å². The first kappa shape index (κ1) is 13.5. The van der Waals surface area contributed by atoms with Gasteiger partial charge in [0, 0.05) is 10.6 Å². The van der Waals surface area contributed by atoms with Gasteiger partial charge in [-0.25, -0.2) is 9.78 Å². The van der Waals surface area contributed by atoms with E-state index < -0.39 is 5.97 Å². The fraction of sp³-hybridized carbons (Fsp3) is 0.231. The van der Waals surface area contributed by atoms with Crippen molar-refractivity contribution < 1.29 is 13.9 Å². The van der Waals surface area contributed by atoms with E-state index in [1.807, 2.05) is 13.8 Å². The lowest BCUT2D eigenvalue weighted by atomic mass is 10.2. The lowest BCUT2D eigenvalue weighted by Gasteiger charge is -2.05. The summed E-state index contributed by atoms with van der Waals surface area (Å²) in [4.78, 5) is 16.4. The molecule has 0 bridgehead atoms. The molecule has 0 aliphatic heterocycles. The summed E-state index contributed by atoms with van der Waals surface area (Å²) in [6, 6.07) is 4.99. The number of hydrogen-bond acceptors (Lipinski definition) is 6. The van der Waals surface area contributed by atoms with E-state index >= 15 is 0 Å². The van der Waals surface area contributed by atoms with Crippen molar-refractivity contribution in [3.63, 3.8) is 0 Å². The van der Waals surface area contributed by atoms with Crippen LogP contribution in [0.5, 0.6) is 0 Å². The number of ether oxygens (including phenoxy) is 1. The molecule has 2 aromatic rings. The van der Waals surface area contributed by atoms with Crippen molar-refractivity contribution in [1.29, 1.82) is 0 Å². The van der Waals surface area contributed by atoms with Crippen molar-refractivity contribution in [1.82, 2.24) is 4.98 Å². The molecular formula is C13H14N2O3S. The summed E-state index contributed by atoms with van der Waals surface area (Å²) in [5.41, 5.74) is 7.67. The number of nitrogens with two attached hydrogens (primary N) is 1. The van der Waals surface area contributed by atoms with Gasteiger partial charge in [-0.1, -0.05) is 0 Å². The van der Waals surface area contributed by atoms with E-state index in [1.54, 1.807) is 18.2 Å². The van der Waals surface area contributed by atoms with E-state index in [9.17, 15) is 4.79 Å². The fourth-order valence-corrected chi connectivity index (χ4v) is 2.32. The first-order valence-corrected chi connectivity index (χ1v) is 6.42. The molecule has 0 radical (unpaired) electrons. The number of oxazole rings is 1. The molecule has 0 atom stereocenters. The summed E-state index contributed by atoms with van der Waals surface area (Å²) in [7, 11) is 1.33. The number of rotatable bonds is 3. The van der Waals surface area contributed by atoms with Crippen LogP contribution in [0.2, 0.25) is 0 Å². The summed E-state index contributed by atoms with van der Waals surface area (Å²) < 4.78 is 10.1. The largest absolute Gasteiger partial charge is 0.465 e. The summed E-state index contributed by atoms with van der Waals surface area (Å²) in [6.45, 7) is 3.74. The van der Waals surface area contributed by atoms with Gasteiger partial charge in [-0.2, -0.15) is 0 Å². The van der Waals surface area contributed by atoms with Crippen molar-refractivity contribution in [2.45, 2.75) is 24.0 Å². The molecule has 2 rings (SSSR count). The number of methoxy groups -OCH3 is 1. The Bertz CT molecular complexity index is 603. The zero-order chi connectivity index (χ0) is 14.0. The highest BCUT2D eigenvalue weighted by atomic mass is 32.2. The molecule has 19 heavy (non-hydrogen) atoms. The van der Waals surface area contributed by atoms with Gasteiger partial charge in [0.15, 0.2) is 0 Å². The average Bonchev–Trinajstić information content (AvgIpc) is 2.70. The molecule has 100 valence electrons. The quantitative estimate of drug-likeness (QED) is 0.687. The number of nitrogens with zero attached hydrogens (tertiary/aromatic N) is 1. The summed E-state index contributed by atoms with van der Waals surface area (Å²) in [5.74, 6) is 0.373. The zero-order valence-electron chi connectivity index (χ0n) is 10.9. The van der Waals surface area contributed by atoms with Crippen LogP contribution >= 0.6 is 11.8 Å². The van der Waals surface area contributed by atoms with E-state index in [1.165, 1.54) is 18.9 Å². The molecular weight excluding hydrogens is 264 g/mol. The van der Waals surface area contributed by atoms with Gasteiger partial charge in [0.1, 0.15) is 5.76 Å². The smallest absolute Gasteiger partial charge is 0.337 e. The number of nitrogen functional groups attached to an aromatic ring is 1. The molecule has 0 fully saturated rings. The number of benzene rings is 1. The molecule has 0 spiro atoms. The lowest BCUT2D eigenvalue weighted by molar-refractivity contribution is 0.0600. The molecule has 5 nitrogen and oxygen atoms in total. The molecule has 0 unspecified atom stereocenters. The topological polar surface area (TPSA) is 78.3 Å². The van der Waals surface area contributed by atoms with E-state index in [4.69, 9.17) is 10.2 Å². The second-order valence-electron chi connectivity index (χ2n) is 3.97. The van der Waals surface area contributed by atoms with Gasteiger partial charge in [-0.15, -0.1) is 0 Å². The number of hydrogen-bond donors (Lipinski definition) is 1. The Kier molecular flexibility index (Phi) is 3.80. The number of anilines is 1.